The molecule has 0 aliphatic carbocycles. The summed E-state index contributed by atoms with van der Waals surface area (Å²) in [6.07, 6.45) is 3.73. The van der Waals surface area contributed by atoms with E-state index < -0.39 is 0 Å². The molecule has 0 saturated heterocycles. The van der Waals surface area contributed by atoms with Gasteiger partial charge in [-0.2, -0.15) is 0 Å². The molecule has 0 saturated carbocycles. The normalized spacial score (nSPS) is 12.9. The number of nitrogens with one attached hydrogen (secondary N) is 1. The van der Waals surface area contributed by atoms with Gasteiger partial charge >= 0.3 is 0 Å². The average Bonchev–Trinajstić information content (AvgIpc) is 2.39. The van der Waals surface area contributed by atoms with Crippen molar-refractivity contribution in [3.8, 4) is 0 Å². The number of nitrogens with zero attached hydrogens (tertiary/aromatic N) is 1. The zero-order valence-electron chi connectivity index (χ0n) is 12.2. The van der Waals surface area contributed by atoms with Crippen LogP contribution in [0.2, 0.25) is 0 Å². The van der Waals surface area contributed by atoms with Crippen LogP contribution in [0, 0.1) is 0 Å². The minimum Gasteiger partial charge on any atom is -0.313 e. The third-order valence-corrected chi connectivity index (χ3v) is 3.35. The summed E-state index contributed by atoms with van der Waals surface area (Å²) < 4.78 is 0. The zero-order valence-corrected chi connectivity index (χ0v) is 12.2. The lowest BCUT2D eigenvalue weighted by Crippen LogP contribution is -2.37. The molecule has 0 heterocycles. The minimum absolute atomic E-state index is 0.590. The van der Waals surface area contributed by atoms with Crippen LogP contribution in [0.3, 0.4) is 0 Å². The van der Waals surface area contributed by atoms with Gasteiger partial charge in [0.25, 0.3) is 0 Å². The third kappa shape index (κ3) is 6.77. The van der Waals surface area contributed by atoms with Crippen molar-refractivity contribution in [3.05, 3.63) is 35.9 Å². The van der Waals surface area contributed by atoms with Crippen molar-refractivity contribution in [1.82, 2.24) is 10.2 Å². The first-order valence-electron chi connectivity index (χ1n) is 7.18. The Morgan fingerprint density at radius 1 is 1.17 bits per heavy atom. The predicted molar refractivity (Wildman–Crippen MR) is 80.0 cm³/mol. The second kappa shape index (κ2) is 9.12. The van der Waals surface area contributed by atoms with Crippen molar-refractivity contribution in [3.63, 3.8) is 0 Å². The van der Waals surface area contributed by atoms with Gasteiger partial charge in [0.15, 0.2) is 0 Å². The van der Waals surface area contributed by atoms with Gasteiger partial charge in [0.1, 0.15) is 0 Å². The molecular weight excluding hydrogens is 220 g/mol. The highest BCUT2D eigenvalue weighted by Gasteiger charge is 2.03. The molecule has 1 N–H and O–H groups in total. The number of likely N-dealkylation sites (N-methyl/N-ethyl adjacent to an activating group) is 1. The highest BCUT2D eigenvalue weighted by atomic mass is 15.1. The molecule has 0 aliphatic rings. The summed E-state index contributed by atoms with van der Waals surface area (Å²) in [5.41, 5.74) is 1.45. The lowest BCUT2D eigenvalue weighted by Gasteiger charge is -2.20. The van der Waals surface area contributed by atoms with Crippen LogP contribution in [0.4, 0.5) is 0 Å². The first kappa shape index (κ1) is 15.2. The molecule has 0 radical (unpaired) electrons. The van der Waals surface area contributed by atoms with Crippen LogP contribution in [0.15, 0.2) is 30.3 Å². The quantitative estimate of drug-likeness (QED) is 0.676. The first-order chi connectivity index (χ1) is 8.72. The molecule has 102 valence electrons. The van der Waals surface area contributed by atoms with E-state index in [1.165, 1.54) is 24.8 Å². The van der Waals surface area contributed by atoms with Gasteiger partial charge in [0, 0.05) is 12.6 Å². The summed E-state index contributed by atoms with van der Waals surface area (Å²) in [4.78, 5) is 2.35. The summed E-state index contributed by atoms with van der Waals surface area (Å²) in [5.74, 6) is 0. The number of hydrogen-bond acceptors (Lipinski definition) is 2. The van der Waals surface area contributed by atoms with E-state index in [4.69, 9.17) is 0 Å². The van der Waals surface area contributed by atoms with Crippen molar-refractivity contribution in [1.29, 1.82) is 0 Å². The molecule has 2 heteroatoms. The van der Waals surface area contributed by atoms with E-state index in [1.807, 2.05) is 0 Å². The van der Waals surface area contributed by atoms with Gasteiger partial charge in [-0.05, 0) is 51.9 Å². The fourth-order valence-corrected chi connectivity index (χ4v) is 2.11. The lowest BCUT2D eigenvalue weighted by molar-refractivity contribution is 0.309. The maximum absolute atomic E-state index is 3.59. The van der Waals surface area contributed by atoms with Gasteiger partial charge in [-0.25, -0.2) is 0 Å². The van der Waals surface area contributed by atoms with E-state index in [0.717, 1.165) is 19.6 Å². The van der Waals surface area contributed by atoms with Crippen molar-refractivity contribution in [2.24, 2.45) is 0 Å². The van der Waals surface area contributed by atoms with E-state index in [-0.39, 0.29) is 0 Å². The van der Waals surface area contributed by atoms with Crippen LogP contribution in [0.1, 0.15) is 32.3 Å². The van der Waals surface area contributed by atoms with Gasteiger partial charge in [-0.3, -0.25) is 0 Å². The molecule has 18 heavy (non-hydrogen) atoms. The smallest absolute Gasteiger partial charge is 0.0166 e. The Labute approximate surface area is 112 Å². The molecule has 1 aromatic carbocycles. The molecule has 0 bridgehead atoms. The Hall–Kier alpha value is -0.860. The fourth-order valence-electron chi connectivity index (χ4n) is 2.11. The maximum atomic E-state index is 3.59. The van der Waals surface area contributed by atoms with Crippen molar-refractivity contribution < 1.29 is 0 Å². The Kier molecular flexibility index (Phi) is 7.70. The predicted octanol–water partition coefficient (Wildman–Crippen LogP) is 2.94. The van der Waals surface area contributed by atoms with Gasteiger partial charge in [0.05, 0.1) is 0 Å². The number of aryl methyl sites for hydroxylation is 1. The summed E-state index contributed by atoms with van der Waals surface area (Å²) in [6, 6.07) is 11.3. The topological polar surface area (TPSA) is 15.3 Å². The van der Waals surface area contributed by atoms with Crippen molar-refractivity contribution in [2.75, 3.05) is 26.7 Å². The Balaban J connectivity index is 2.02. The maximum Gasteiger partial charge on any atom is 0.0166 e. The van der Waals surface area contributed by atoms with Crippen LogP contribution >= 0.6 is 0 Å². The third-order valence-electron chi connectivity index (χ3n) is 3.35. The number of unbranched alkanes of at least 4 members (excludes halogenated alkanes) is 1. The van der Waals surface area contributed by atoms with Gasteiger partial charge < -0.3 is 10.2 Å². The van der Waals surface area contributed by atoms with Crippen LogP contribution in [-0.4, -0.2) is 37.6 Å². The van der Waals surface area contributed by atoms with E-state index in [0.29, 0.717) is 6.04 Å². The first-order valence-corrected chi connectivity index (χ1v) is 7.18. The average molecular weight is 248 g/mol. The largest absolute Gasteiger partial charge is 0.313 e. The molecule has 0 aromatic heterocycles. The van der Waals surface area contributed by atoms with E-state index in [2.05, 4.69) is 61.4 Å². The van der Waals surface area contributed by atoms with Crippen LogP contribution in [-0.2, 0) is 6.42 Å². The molecule has 1 rings (SSSR count). The number of hydrogen-bond donors (Lipinski definition) is 1. The van der Waals surface area contributed by atoms with Gasteiger partial charge in [0.2, 0.25) is 0 Å². The Bertz CT molecular complexity index is 297. The molecule has 0 spiro atoms. The Morgan fingerprint density at radius 2 is 1.89 bits per heavy atom. The highest BCUT2D eigenvalue weighted by molar-refractivity contribution is 5.14. The second-order valence-electron chi connectivity index (χ2n) is 5.15. The monoisotopic (exact) mass is 248 g/mol. The number of rotatable bonds is 9. The van der Waals surface area contributed by atoms with E-state index >= 15 is 0 Å². The Morgan fingerprint density at radius 3 is 2.56 bits per heavy atom. The molecule has 0 amide bonds. The summed E-state index contributed by atoms with van der Waals surface area (Å²) in [7, 11) is 2.17. The molecule has 1 atom stereocenters. The van der Waals surface area contributed by atoms with Crippen LogP contribution in [0.25, 0.3) is 0 Å². The standard InChI is InChI=1S/C16H28N2/c1-4-18(3)14-15(2)17-13-9-8-12-16-10-6-5-7-11-16/h5-7,10-11,15,17H,4,8-9,12-14H2,1-3H3. The highest BCUT2D eigenvalue weighted by Crippen LogP contribution is 2.03. The molecule has 1 unspecified atom stereocenters. The molecule has 1 aromatic rings. The zero-order chi connectivity index (χ0) is 13.2. The molecule has 0 fully saturated rings. The van der Waals surface area contributed by atoms with Crippen molar-refractivity contribution >= 4 is 0 Å². The number of benzene rings is 1. The van der Waals surface area contributed by atoms with Gasteiger partial charge in [-0.1, -0.05) is 37.3 Å². The van der Waals surface area contributed by atoms with Crippen molar-refractivity contribution in [2.45, 2.75) is 39.2 Å². The van der Waals surface area contributed by atoms with E-state index in [1.54, 1.807) is 0 Å². The summed E-state index contributed by atoms with van der Waals surface area (Å²) >= 11 is 0. The van der Waals surface area contributed by atoms with Gasteiger partial charge in [-0.15, -0.1) is 0 Å². The fraction of sp³-hybridized carbons (Fsp3) is 0.625. The summed E-state index contributed by atoms with van der Waals surface area (Å²) in [5, 5.41) is 3.59. The minimum atomic E-state index is 0.590. The van der Waals surface area contributed by atoms with Crippen LogP contribution in [0.5, 0.6) is 0 Å². The molecular formula is C16H28N2. The molecule has 2 nitrogen and oxygen atoms in total. The van der Waals surface area contributed by atoms with E-state index in [9.17, 15) is 0 Å². The molecule has 0 aliphatic heterocycles. The lowest BCUT2D eigenvalue weighted by atomic mass is 10.1. The summed E-state index contributed by atoms with van der Waals surface area (Å²) in [6.45, 7) is 7.86. The second-order valence-corrected chi connectivity index (χ2v) is 5.15. The van der Waals surface area contributed by atoms with Crippen LogP contribution < -0.4 is 5.32 Å². The SMILES string of the molecule is CCN(C)CC(C)NCCCCc1ccccc1.